The minimum absolute atomic E-state index is 0.0347. The van der Waals surface area contributed by atoms with Gasteiger partial charge in [0.1, 0.15) is 5.69 Å². The number of hydrogen-bond acceptors (Lipinski definition) is 2. The summed E-state index contributed by atoms with van der Waals surface area (Å²) in [6, 6.07) is 4.45. The van der Waals surface area contributed by atoms with Crippen LogP contribution in [-0.4, -0.2) is 20.9 Å². The van der Waals surface area contributed by atoms with Gasteiger partial charge >= 0.3 is 5.97 Å². The fourth-order valence-corrected chi connectivity index (χ4v) is 1.63. The first-order valence-electron chi connectivity index (χ1n) is 4.74. The Hall–Kier alpha value is -1.88. The highest BCUT2D eigenvalue weighted by molar-refractivity contribution is 6.30. The molecule has 0 fully saturated rings. The molecule has 2 aromatic rings. The van der Waals surface area contributed by atoms with Gasteiger partial charge in [0.15, 0.2) is 11.5 Å². The van der Waals surface area contributed by atoms with Crippen LogP contribution in [0.5, 0.6) is 0 Å². The predicted octanol–water partition coefficient (Wildman–Crippen LogP) is 2.67. The Kier molecular flexibility index (Phi) is 2.85. The zero-order valence-corrected chi connectivity index (χ0v) is 9.57. The summed E-state index contributed by atoms with van der Waals surface area (Å²) in [5.41, 5.74) is 0.467. The third-order valence-electron chi connectivity index (χ3n) is 2.28. The Labute approximate surface area is 101 Å². The highest BCUT2D eigenvalue weighted by Gasteiger charge is 2.15. The number of hydrogen-bond donors (Lipinski definition) is 1. The minimum atomic E-state index is -1.15. The van der Waals surface area contributed by atoms with Crippen LogP contribution in [-0.2, 0) is 0 Å². The quantitative estimate of drug-likeness (QED) is 0.896. The first-order chi connectivity index (χ1) is 8.00. The number of rotatable bonds is 2. The van der Waals surface area contributed by atoms with E-state index in [1.807, 2.05) is 0 Å². The van der Waals surface area contributed by atoms with E-state index in [0.717, 1.165) is 0 Å². The molecule has 0 bridgehead atoms. The second kappa shape index (κ2) is 4.18. The van der Waals surface area contributed by atoms with E-state index in [-0.39, 0.29) is 16.4 Å². The van der Waals surface area contributed by atoms with Crippen molar-refractivity contribution < 1.29 is 14.3 Å². The van der Waals surface area contributed by atoms with E-state index >= 15 is 0 Å². The smallest absolute Gasteiger partial charge is 0.356 e. The average molecular weight is 255 g/mol. The molecule has 0 amide bonds. The molecule has 0 aliphatic carbocycles. The van der Waals surface area contributed by atoms with Gasteiger partial charge in [-0.3, -0.25) is 0 Å². The Morgan fingerprint density at radius 2 is 2.24 bits per heavy atom. The van der Waals surface area contributed by atoms with E-state index in [9.17, 15) is 9.18 Å². The van der Waals surface area contributed by atoms with Gasteiger partial charge < -0.3 is 5.11 Å². The molecule has 0 saturated carbocycles. The lowest BCUT2D eigenvalue weighted by atomic mass is 10.3. The Morgan fingerprint density at radius 1 is 1.53 bits per heavy atom. The second-order valence-corrected chi connectivity index (χ2v) is 3.89. The fraction of sp³-hybridized carbons (Fsp3) is 0.0909. The van der Waals surface area contributed by atoms with Crippen molar-refractivity contribution in [3.8, 4) is 5.69 Å². The maximum absolute atomic E-state index is 13.7. The number of carbonyl (C=O) groups is 1. The highest BCUT2D eigenvalue weighted by atomic mass is 35.5. The Morgan fingerprint density at radius 3 is 2.82 bits per heavy atom. The van der Waals surface area contributed by atoms with Crippen molar-refractivity contribution >= 4 is 17.6 Å². The Balaban J connectivity index is 2.58. The fourth-order valence-electron chi connectivity index (χ4n) is 1.46. The number of aromatic carboxylic acids is 1. The van der Waals surface area contributed by atoms with Crippen molar-refractivity contribution in [3.63, 3.8) is 0 Å². The first-order valence-corrected chi connectivity index (χ1v) is 5.12. The molecule has 4 nitrogen and oxygen atoms in total. The van der Waals surface area contributed by atoms with Gasteiger partial charge in [-0.2, -0.15) is 5.10 Å². The standard InChI is InChI=1S/C11H8ClFN2O2/c1-6-5-15(14-10(6)11(16)17)8-4-2-3-7(12)9(8)13/h2-5H,1H3,(H,16,17). The molecule has 1 aromatic carbocycles. The van der Waals surface area contributed by atoms with E-state index < -0.39 is 11.8 Å². The second-order valence-electron chi connectivity index (χ2n) is 3.48. The number of nitrogens with zero attached hydrogens (tertiary/aromatic N) is 2. The minimum Gasteiger partial charge on any atom is -0.476 e. The van der Waals surface area contributed by atoms with Crippen LogP contribution in [0.15, 0.2) is 24.4 Å². The molecule has 1 N–H and O–H groups in total. The molecule has 0 aliphatic rings. The molecule has 1 aromatic heterocycles. The summed E-state index contributed by atoms with van der Waals surface area (Å²) in [7, 11) is 0. The van der Waals surface area contributed by atoms with E-state index in [0.29, 0.717) is 5.56 Å². The summed E-state index contributed by atoms with van der Waals surface area (Å²) in [6.45, 7) is 1.59. The van der Waals surface area contributed by atoms with Crippen molar-refractivity contribution in [2.75, 3.05) is 0 Å². The van der Waals surface area contributed by atoms with Gasteiger partial charge in [-0.25, -0.2) is 13.9 Å². The normalized spacial score (nSPS) is 10.5. The van der Waals surface area contributed by atoms with Crippen LogP contribution in [0.4, 0.5) is 4.39 Å². The molecule has 0 atom stereocenters. The third kappa shape index (κ3) is 2.01. The van der Waals surface area contributed by atoms with Crippen LogP contribution in [0, 0.1) is 12.7 Å². The summed E-state index contributed by atoms with van der Waals surface area (Å²) in [4.78, 5) is 10.8. The molecule has 0 aliphatic heterocycles. The molecule has 0 saturated heterocycles. The lowest BCUT2D eigenvalue weighted by Gasteiger charge is -2.03. The summed E-state index contributed by atoms with van der Waals surface area (Å²) in [5.74, 6) is -1.78. The molecule has 0 radical (unpaired) electrons. The lowest BCUT2D eigenvalue weighted by Crippen LogP contribution is -2.03. The van der Waals surface area contributed by atoms with Crippen LogP contribution in [0.25, 0.3) is 5.69 Å². The third-order valence-corrected chi connectivity index (χ3v) is 2.57. The van der Waals surface area contributed by atoms with Crippen molar-refractivity contribution in [2.45, 2.75) is 6.92 Å². The molecular formula is C11H8ClFN2O2. The number of aromatic nitrogens is 2. The number of carboxylic acid groups (broad SMARTS) is 1. The predicted molar refractivity (Wildman–Crippen MR) is 60.2 cm³/mol. The van der Waals surface area contributed by atoms with E-state index in [1.54, 1.807) is 13.0 Å². The lowest BCUT2D eigenvalue weighted by molar-refractivity contribution is 0.0689. The molecule has 2 rings (SSSR count). The zero-order valence-electron chi connectivity index (χ0n) is 8.82. The highest BCUT2D eigenvalue weighted by Crippen LogP contribution is 2.21. The number of benzene rings is 1. The van der Waals surface area contributed by atoms with Gasteiger partial charge in [0.25, 0.3) is 0 Å². The maximum Gasteiger partial charge on any atom is 0.356 e. The summed E-state index contributed by atoms with van der Waals surface area (Å²) >= 11 is 5.64. The maximum atomic E-state index is 13.7. The van der Waals surface area contributed by atoms with Gasteiger partial charge in [0, 0.05) is 11.8 Å². The van der Waals surface area contributed by atoms with E-state index in [4.69, 9.17) is 16.7 Å². The first kappa shape index (κ1) is 11.6. The van der Waals surface area contributed by atoms with Crippen LogP contribution in [0.2, 0.25) is 5.02 Å². The molecule has 0 unspecified atom stereocenters. The summed E-state index contributed by atoms with van der Waals surface area (Å²) in [5, 5.41) is 12.6. The van der Waals surface area contributed by atoms with Gasteiger partial charge in [0.05, 0.1) is 5.02 Å². The molecular weight excluding hydrogens is 247 g/mol. The van der Waals surface area contributed by atoms with Crippen LogP contribution < -0.4 is 0 Å². The van der Waals surface area contributed by atoms with Crippen molar-refractivity contribution in [1.29, 1.82) is 0 Å². The molecule has 17 heavy (non-hydrogen) atoms. The number of aryl methyl sites for hydroxylation is 1. The number of halogens is 2. The zero-order chi connectivity index (χ0) is 12.6. The van der Waals surface area contributed by atoms with Gasteiger partial charge in [0.2, 0.25) is 0 Å². The van der Waals surface area contributed by atoms with Crippen molar-refractivity contribution in [1.82, 2.24) is 9.78 Å². The van der Waals surface area contributed by atoms with Gasteiger partial charge in [-0.1, -0.05) is 17.7 Å². The topological polar surface area (TPSA) is 55.1 Å². The van der Waals surface area contributed by atoms with E-state index in [1.165, 1.54) is 23.0 Å². The Bertz CT molecular complexity index is 595. The van der Waals surface area contributed by atoms with Crippen molar-refractivity contribution in [2.24, 2.45) is 0 Å². The van der Waals surface area contributed by atoms with Crippen LogP contribution >= 0.6 is 11.6 Å². The van der Waals surface area contributed by atoms with Crippen LogP contribution in [0.1, 0.15) is 16.1 Å². The molecule has 1 heterocycles. The average Bonchev–Trinajstić information content (AvgIpc) is 2.64. The summed E-state index contributed by atoms with van der Waals surface area (Å²) < 4.78 is 14.9. The molecule has 6 heteroatoms. The summed E-state index contributed by atoms with van der Waals surface area (Å²) in [6.07, 6.45) is 1.44. The largest absolute Gasteiger partial charge is 0.476 e. The molecule has 88 valence electrons. The van der Waals surface area contributed by atoms with Gasteiger partial charge in [-0.15, -0.1) is 0 Å². The van der Waals surface area contributed by atoms with Gasteiger partial charge in [-0.05, 0) is 19.1 Å². The van der Waals surface area contributed by atoms with E-state index in [2.05, 4.69) is 5.10 Å². The number of carboxylic acids is 1. The van der Waals surface area contributed by atoms with Crippen molar-refractivity contribution in [3.05, 3.63) is 46.5 Å². The molecule has 0 spiro atoms. The SMILES string of the molecule is Cc1cn(-c2cccc(Cl)c2F)nc1C(=O)O. The monoisotopic (exact) mass is 254 g/mol. The van der Waals surface area contributed by atoms with Crippen LogP contribution in [0.3, 0.4) is 0 Å².